The van der Waals surface area contributed by atoms with Crippen molar-refractivity contribution in [2.45, 2.75) is 13.8 Å². The fraction of sp³-hybridized carbons (Fsp3) is 0.0385. The molecule has 0 N–H and O–H groups in total. The van der Waals surface area contributed by atoms with Gasteiger partial charge in [0.1, 0.15) is 12.6 Å². The minimum atomic E-state index is 0.636. The van der Waals surface area contributed by atoms with E-state index in [-0.39, 0.29) is 0 Å². The minimum absolute atomic E-state index is 0.636. The quantitative estimate of drug-likeness (QED) is 0.110. The van der Waals surface area contributed by atoms with Gasteiger partial charge in [-0.1, -0.05) is 114 Å². The van der Waals surface area contributed by atoms with Crippen molar-refractivity contribution in [3.05, 3.63) is 204 Å². The van der Waals surface area contributed by atoms with Crippen molar-refractivity contribution in [2.75, 3.05) is 9.80 Å². The Hall–Kier alpha value is -7.30. The first-order chi connectivity index (χ1) is 27.5. The molecule has 4 heteroatoms. The number of anilines is 6. The van der Waals surface area contributed by atoms with Gasteiger partial charge in [-0.2, -0.15) is 0 Å². The maximum Gasteiger partial charge on any atom is 0.150 e. The highest BCUT2D eigenvalue weighted by molar-refractivity contribution is 6.25. The standard InChI is InChI=1S/C52H38N2O2/c1-35-15-23-39(24-16-35)53(40-27-19-37(33-55)20-28-40)50-32-31-47(43-9-3-4-10-44(43)50)51-45-11-5-7-13-48(45)52(49-14-8-6-12-46(49)51)54(41-25-17-36(2)18-26-41)42-29-21-38(34-56)22-30-42/h3-34H,1-2H3. The van der Waals surface area contributed by atoms with E-state index in [0.717, 1.165) is 84.6 Å². The number of aryl methyl sites for hydroxylation is 2. The first kappa shape index (κ1) is 34.5. The van der Waals surface area contributed by atoms with Gasteiger partial charge in [0, 0.05) is 50.0 Å². The molecule has 0 radical (unpaired) electrons. The summed E-state index contributed by atoms with van der Waals surface area (Å²) in [4.78, 5) is 27.9. The maximum absolute atomic E-state index is 11.7. The van der Waals surface area contributed by atoms with Crippen molar-refractivity contribution in [3.8, 4) is 11.1 Å². The molecular formula is C52H38N2O2. The highest BCUT2D eigenvalue weighted by atomic mass is 16.1. The molecular weight excluding hydrogens is 685 g/mol. The number of hydrogen-bond acceptors (Lipinski definition) is 4. The summed E-state index contributed by atoms with van der Waals surface area (Å²) >= 11 is 0. The van der Waals surface area contributed by atoms with Crippen LogP contribution in [-0.2, 0) is 0 Å². The fourth-order valence-corrected chi connectivity index (χ4v) is 7.96. The second-order valence-electron chi connectivity index (χ2n) is 14.3. The molecule has 268 valence electrons. The molecule has 0 aliphatic carbocycles. The number of carbonyl (C=O) groups is 2. The van der Waals surface area contributed by atoms with Crippen LogP contribution in [-0.4, -0.2) is 12.6 Å². The molecule has 0 saturated heterocycles. The molecule has 0 unspecified atom stereocenters. The van der Waals surface area contributed by atoms with Gasteiger partial charge in [0.05, 0.1) is 11.4 Å². The van der Waals surface area contributed by atoms with Crippen LogP contribution >= 0.6 is 0 Å². The second-order valence-corrected chi connectivity index (χ2v) is 14.3. The molecule has 9 aromatic carbocycles. The fourth-order valence-electron chi connectivity index (χ4n) is 7.96. The summed E-state index contributed by atoms with van der Waals surface area (Å²) < 4.78 is 0. The zero-order valence-electron chi connectivity index (χ0n) is 31.2. The van der Waals surface area contributed by atoms with E-state index in [1.807, 2.05) is 48.5 Å². The van der Waals surface area contributed by atoms with E-state index in [1.165, 1.54) is 16.7 Å². The van der Waals surface area contributed by atoms with Crippen LogP contribution in [0, 0.1) is 13.8 Å². The Bertz CT molecular complexity index is 2840. The van der Waals surface area contributed by atoms with Gasteiger partial charge < -0.3 is 9.80 Å². The Morgan fingerprint density at radius 2 is 0.732 bits per heavy atom. The third-order valence-electron chi connectivity index (χ3n) is 10.7. The van der Waals surface area contributed by atoms with Crippen molar-refractivity contribution in [1.29, 1.82) is 0 Å². The molecule has 56 heavy (non-hydrogen) atoms. The summed E-state index contributed by atoms with van der Waals surface area (Å²) in [6.07, 6.45) is 1.77. The Balaban J connectivity index is 1.32. The van der Waals surface area contributed by atoms with E-state index >= 15 is 0 Å². The van der Waals surface area contributed by atoms with Gasteiger partial charge in [0.25, 0.3) is 0 Å². The Kier molecular flexibility index (Phi) is 8.92. The summed E-state index contributed by atoms with van der Waals surface area (Å²) in [6.45, 7) is 4.20. The normalized spacial score (nSPS) is 11.2. The second kappa shape index (κ2) is 14.5. The summed E-state index contributed by atoms with van der Waals surface area (Å²) in [5.74, 6) is 0. The summed E-state index contributed by atoms with van der Waals surface area (Å²) in [6, 6.07) is 63.3. The van der Waals surface area contributed by atoms with E-state index < -0.39 is 0 Å². The Morgan fingerprint density at radius 3 is 1.18 bits per heavy atom. The van der Waals surface area contributed by atoms with Crippen molar-refractivity contribution < 1.29 is 9.59 Å². The van der Waals surface area contributed by atoms with Crippen molar-refractivity contribution in [3.63, 3.8) is 0 Å². The Labute approximate surface area is 326 Å². The van der Waals surface area contributed by atoms with E-state index in [4.69, 9.17) is 0 Å². The van der Waals surface area contributed by atoms with Crippen LogP contribution in [0.5, 0.6) is 0 Å². The lowest BCUT2D eigenvalue weighted by molar-refractivity contribution is 0.111. The first-order valence-electron chi connectivity index (χ1n) is 18.8. The third-order valence-corrected chi connectivity index (χ3v) is 10.7. The summed E-state index contributed by atoms with van der Waals surface area (Å²) in [5.41, 5.74) is 12.1. The molecule has 0 bridgehead atoms. The number of nitrogens with zero attached hydrogens (tertiary/aromatic N) is 2. The molecule has 0 atom stereocenters. The third kappa shape index (κ3) is 6.08. The monoisotopic (exact) mass is 722 g/mol. The minimum Gasteiger partial charge on any atom is -0.310 e. The largest absolute Gasteiger partial charge is 0.310 e. The first-order valence-corrected chi connectivity index (χ1v) is 18.8. The number of fused-ring (bicyclic) bond motifs is 3. The van der Waals surface area contributed by atoms with Crippen LogP contribution in [0.25, 0.3) is 43.4 Å². The molecule has 9 rings (SSSR count). The van der Waals surface area contributed by atoms with Gasteiger partial charge in [0.2, 0.25) is 0 Å². The molecule has 4 nitrogen and oxygen atoms in total. The van der Waals surface area contributed by atoms with Crippen LogP contribution in [0.4, 0.5) is 34.1 Å². The van der Waals surface area contributed by atoms with Gasteiger partial charge >= 0.3 is 0 Å². The van der Waals surface area contributed by atoms with Gasteiger partial charge in [-0.15, -0.1) is 0 Å². The van der Waals surface area contributed by atoms with Gasteiger partial charge in [-0.3, -0.25) is 9.59 Å². The van der Waals surface area contributed by atoms with E-state index in [1.54, 1.807) is 0 Å². The molecule has 9 aromatic rings. The number of carbonyl (C=O) groups excluding carboxylic acids is 2. The lowest BCUT2D eigenvalue weighted by atomic mass is 9.87. The van der Waals surface area contributed by atoms with E-state index in [2.05, 4.69) is 157 Å². The smallest absolute Gasteiger partial charge is 0.150 e. The van der Waals surface area contributed by atoms with Gasteiger partial charge in [-0.25, -0.2) is 0 Å². The average molecular weight is 723 g/mol. The topological polar surface area (TPSA) is 40.6 Å². The lowest BCUT2D eigenvalue weighted by Gasteiger charge is -2.30. The molecule has 0 fully saturated rings. The van der Waals surface area contributed by atoms with Gasteiger partial charge in [-0.05, 0) is 120 Å². The zero-order valence-corrected chi connectivity index (χ0v) is 31.2. The van der Waals surface area contributed by atoms with Crippen LogP contribution in [0.3, 0.4) is 0 Å². The highest BCUT2D eigenvalue weighted by Gasteiger charge is 2.24. The van der Waals surface area contributed by atoms with E-state index in [0.29, 0.717) is 11.1 Å². The lowest BCUT2D eigenvalue weighted by Crippen LogP contribution is -2.12. The number of hydrogen-bond donors (Lipinski definition) is 0. The van der Waals surface area contributed by atoms with Crippen LogP contribution < -0.4 is 9.80 Å². The van der Waals surface area contributed by atoms with Crippen LogP contribution in [0.15, 0.2) is 182 Å². The maximum atomic E-state index is 11.7. The van der Waals surface area contributed by atoms with Gasteiger partial charge in [0.15, 0.2) is 0 Å². The van der Waals surface area contributed by atoms with Crippen LogP contribution in [0.1, 0.15) is 31.8 Å². The SMILES string of the molecule is Cc1ccc(N(c2ccc(C=O)cc2)c2ccc(-c3c4ccccc4c(N(c4ccc(C)cc4)c4ccc(C=O)cc4)c4ccccc34)c3ccccc23)cc1. The molecule has 0 aromatic heterocycles. The molecule has 0 saturated carbocycles. The molecule has 0 aliphatic heterocycles. The average Bonchev–Trinajstić information content (AvgIpc) is 3.25. The molecule has 0 aliphatic rings. The Morgan fingerprint density at radius 1 is 0.357 bits per heavy atom. The summed E-state index contributed by atoms with van der Waals surface area (Å²) in [5, 5.41) is 6.76. The van der Waals surface area contributed by atoms with Crippen molar-refractivity contribution in [2.24, 2.45) is 0 Å². The number of rotatable bonds is 9. The number of aldehydes is 2. The predicted octanol–water partition coefficient (Wildman–Crippen LogP) is 14.0. The van der Waals surface area contributed by atoms with Crippen molar-refractivity contribution >= 4 is 79.0 Å². The van der Waals surface area contributed by atoms with Crippen LogP contribution in [0.2, 0.25) is 0 Å². The zero-order chi connectivity index (χ0) is 38.2. The van der Waals surface area contributed by atoms with Crippen molar-refractivity contribution in [1.82, 2.24) is 0 Å². The van der Waals surface area contributed by atoms with E-state index in [9.17, 15) is 9.59 Å². The summed E-state index contributed by atoms with van der Waals surface area (Å²) in [7, 11) is 0. The predicted molar refractivity (Wildman–Crippen MR) is 234 cm³/mol. The molecule has 0 heterocycles. The number of benzene rings is 9. The molecule has 0 spiro atoms. The highest BCUT2D eigenvalue weighted by Crippen LogP contribution is 2.50. The molecule has 0 amide bonds.